The molecule has 25 heavy (non-hydrogen) atoms. The number of rotatable bonds is 4. The van der Waals surface area contributed by atoms with Crippen LogP contribution in [0.4, 0.5) is 0 Å². The van der Waals surface area contributed by atoms with E-state index in [4.69, 9.17) is 11.6 Å². The SMILES string of the molecule is Clc1cccc(CN2CCC[C@]23CCCN(Cc2ccccc2)C3)c1. The molecule has 0 radical (unpaired) electrons. The second kappa shape index (κ2) is 7.49. The first-order valence-electron chi connectivity index (χ1n) is 9.49. The Morgan fingerprint density at radius 1 is 0.840 bits per heavy atom. The molecular weight excluding hydrogens is 328 g/mol. The smallest absolute Gasteiger partial charge is 0.0409 e. The van der Waals surface area contributed by atoms with Crippen LogP contribution < -0.4 is 0 Å². The van der Waals surface area contributed by atoms with E-state index < -0.39 is 0 Å². The van der Waals surface area contributed by atoms with Gasteiger partial charge in [0.25, 0.3) is 0 Å². The highest BCUT2D eigenvalue weighted by molar-refractivity contribution is 6.30. The summed E-state index contributed by atoms with van der Waals surface area (Å²) in [4.78, 5) is 5.39. The molecule has 1 atom stereocenters. The zero-order chi connectivity index (χ0) is 17.1. The molecule has 1 spiro atoms. The van der Waals surface area contributed by atoms with Gasteiger partial charge in [-0.05, 0) is 62.0 Å². The number of halogens is 1. The second-order valence-electron chi connectivity index (χ2n) is 7.68. The second-order valence-corrected chi connectivity index (χ2v) is 8.12. The molecule has 0 aromatic heterocycles. The predicted molar refractivity (Wildman–Crippen MR) is 105 cm³/mol. The zero-order valence-electron chi connectivity index (χ0n) is 14.8. The molecule has 2 aliphatic rings. The zero-order valence-corrected chi connectivity index (χ0v) is 15.6. The van der Waals surface area contributed by atoms with Crippen molar-refractivity contribution in [2.75, 3.05) is 19.6 Å². The van der Waals surface area contributed by atoms with E-state index in [-0.39, 0.29) is 0 Å². The number of nitrogens with zero attached hydrogens (tertiary/aromatic N) is 2. The quantitative estimate of drug-likeness (QED) is 0.764. The van der Waals surface area contributed by atoms with Gasteiger partial charge in [0.1, 0.15) is 0 Å². The van der Waals surface area contributed by atoms with Crippen LogP contribution in [0.5, 0.6) is 0 Å². The molecular formula is C22H27ClN2. The molecule has 0 unspecified atom stereocenters. The molecule has 0 saturated carbocycles. The average Bonchev–Trinajstić information content (AvgIpc) is 2.97. The summed E-state index contributed by atoms with van der Waals surface area (Å²) in [7, 11) is 0. The molecule has 0 aliphatic carbocycles. The third-order valence-electron chi connectivity index (χ3n) is 5.89. The molecule has 3 heteroatoms. The van der Waals surface area contributed by atoms with Crippen molar-refractivity contribution >= 4 is 11.6 Å². The maximum absolute atomic E-state index is 6.19. The Balaban J connectivity index is 1.47. The van der Waals surface area contributed by atoms with Gasteiger partial charge in [-0.3, -0.25) is 9.80 Å². The van der Waals surface area contributed by atoms with Gasteiger partial charge in [-0.15, -0.1) is 0 Å². The minimum absolute atomic E-state index is 0.356. The standard InChI is InChI=1S/C22H27ClN2/c23-21-10-4-9-20(15-21)17-25-14-6-12-22(25)11-5-13-24(18-22)16-19-7-2-1-3-8-19/h1-4,7-10,15H,5-6,11-14,16-18H2/t22-/m0/s1. The van der Waals surface area contributed by atoms with Gasteiger partial charge in [-0.25, -0.2) is 0 Å². The van der Waals surface area contributed by atoms with Crippen LogP contribution in [0.1, 0.15) is 36.8 Å². The van der Waals surface area contributed by atoms with Gasteiger partial charge in [0.05, 0.1) is 0 Å². The van der Waals surface area contributed by atoms with E-state index in [2.05, 4.69) is 58.3 Å². The van der Waals surface area contributed by atoms with Crippen LogP contribution in [0.15, 0.2) is 54.6 Å². The fraction of sp³-hybridized carbons (Fsp3) is 0.455. The lowest BCUT2D eigenvalue weighted by molar-refractivity contribution is 0.0328. The van der Waals surface area contributed by atoms with Crippen molar-refractivity contribution < 1.29 is 0 Å². The van der Waals surface area contributed by atoms with Crippen LogP contribution in [-0.2, 0) is 13.1 Å². The number of likely N-dealkylation sites (tertiary alicyclic amines) is 2. The minimum Gasteiger partial charge on any atom is -0.297 e. The summed E-state index contributed by atoms with van der Waals surface area (Å²) >= 11 is 6.19. The lowest BCUT2D eigenvalue weighted by Gasteiger charge is -2.46. The molecule has 132 valence electrons. The van der Waals surface area contributed by atoms with Crippen molar-refractivity contribution in [1.29, 1.82) is 0 Å². The van der Waals surface area contributed by atoms with Crippen molar-refractivity contribution in [2.45, 2.75) is 44.3 Å². The average molecular weight is 355 g/mol. The molecule has 2 nitrogen and oxygen atoms in total. The lowest BCUT2D eigenvalue weighted by atomic mass is 9.86. The molecule has 2 aromatic rings. The normalized spacial score (nSPS) is 24.8. The summed E-state index contributed by atoms with van der Waals surface area (Å²) in [5.41, 5.74) is 3.13. The van der Waals surface area contributed by atoms with Crippen LogP contribution >= 0.6 is 11.6 Å². The first kappa shape index (κ1) is 17.1. The summed E-state index contributed by atoms with van der Waals surface area (Å²) in [6, 6.07) is 19.3. The van der Waals surface area contributed by atoms with Gasteiger partial charge in [0.2, 0.25) is 0 Å². The molecule has 2 fully saturated rings. The highest BCUT2D eigenvalue weighted by atomic mass is 35.5. The summed E-state index contributed by atoms with van der Waals surface area (Å²) in [5, 5.41) is 0.847. The number of hydrogen-bond donors (Lipinski definition) is 0. The Morgan fingerprint density at radius 2 is 1.60 bits per heavy atom. The first-order chi connectivity index (χ1) is 12.2. The van der Waals surface area contributed by atoms with Gasteiger partial charge in [-0.2, -0.15) is 0 Å². The minimum atomic E-state index is 0.356. The summed E-state index contributed by atoms with van der Waals surface area (Å²) < 4.78 is 0. The maximum Gasteiger partial charge on any atom is 0.0409 e. The topological polar surface area (TPSA) is 6.48 Å². The fourth-order valence-electron chi connectivity index (χ4n) is 4.74. The third kappa shape index (κ3) is 3.92. The maximum atomic E-state index is 6.19. The highest BCUT2D eigenvalue weighted by Crippen LogP contribution is 2.38. The van der Waals surface area contributed by atoms with Gasteiger partial charge in [0, 0.05) is 30.2 Å². The molecule has 4 rings (SSSR count). The van der Waals surface area contributed by atoms with Crippen LogP contribution in [0, 0.1) is 0 Å². The highest BCUT2D eigenvalue weighted by Gasteiger charge is 2.43. The van der Waals surface area contributed by atoms with E-state index >= 15 is 0 Å². The van der Waals surface area contributed by atoms with Gasteiger partial charge in [-0.1, -0.05) is 54.1 Å². The Bertz CT molecular complexity index is 702. The molecule has 2 saturated heterocycles. The van der Waals surface area contributed by atoms with E-state index in [1.165, 1.54) is 56.4 Å². The molecule has 2 aliphatic heterocycles. The Hall–Kier alpha value is -1.35. The van der Waals surface area contributed by atoms with Crippen LogP contribution in [0.25, 0.3) is 0 Å². The van der Waals surface area contributed by atoms with E-state index in [9.17, 15) is 0 Å². The van der Waals surface area contributed by atoms with Crippen molar-refractivity contribution in [3.8, 4) is 0 Å². The van der Waals surface area contributed by atoms with Gasteiger partial charge < -0.3 is 0 Å². The summed E-state index contributed by atoms with van der Waals surface area (Å²) in [6.45, 7) is 5.74. The van der Waals surface area contributed by atoms with E-state index in [1.54, 1.807) is 0 Å². The predicted octanol–water partition coefficient (Wildman–Crippen LogP) is 4.97. The van der Waals surface area contributed by atoms with Crippen LogP contribution in [0.2, 0.25) is 5.02 Å². The molecule has 2 heterocycles. The number of benzene rings is 2. The summed E-state index contributed by atoms with van der Waals surface area (Å²) in [6.07, 6.45) is 5.29. The molecule has 0 amide bonds. The van der Waals surface area contributed by atoms with Crippen molar-refractivity contribution in [2.24, 2.45) is 0 Å². The third-order valence-corrected chi connectivity index (χ3v) is 6.12. The monoisotopic (exact) mass is 354 g/mol. The van der Waals surface area contributed by atoms with E-state index in [1.807, 2.05) is 6.07 Å². The van der Waals surface area contributed by atoms with Gasteiger partial charge >= 0.3 is 0 Å². The van der Waals surface area contributed by atoms with Gasteiger partial charge in [0.15, 0.2) is 0 Å². The van der Waals surface area contributed by atoms with E-state index in [0.29, 0.717) is 5.54 Å². The van der Waals surface area contributed by atoms with Crippen molar-refractivity contribution in [3.63, 3.8) is 0 Å². The Morgan fingerprint density at radius 3 is 2.40 bits per heavy atom. The molecule has 0 bridgehead atoms. The molecule has 2 aromatic carbocycles. The fourth-order valence-corrected chi connectivity index (χ4v) is 4.95. The van der Waals surface area contributed by atoms with Crippen LogP contribution in [0.3, 0.4) is 0 Å². The van der Waals surface area contributed by atoms with Crippen LogP contribution in [-0.4, -0.2) is 35.0 Å². The van der Waals surface area contributed by atoms with Crippen molar-refractivity contribution in [3.05, 3.63) is 70.7 Å². The Kier molecular flexibility index (Phi) is 5.12. The number of hydrogen-bond acceptors (Lipinski definition) is 2. The van der Waals surface area contributed by atoms with Crippen molar-refractivity contribution in [1.82, 2.24) is 9.80 Å². The Labute approximate surface area is 156 Å². The molecule has 0 N–H and O–H groups in total. The largest absolute Gasteiger partial charge is 0.297 e. The lowest BCUT2D eigenvalue weighted by Crippen LogP contribution is -2.55. The van der Waals surface area contributed by atoms with E-state index in [0.717, 1.165) is 18.1 Å². The summed E-state index contributed by atoms with van der Waals surface area (Å²) in [5.74, 6) is 0. The first-order valence-corrected chi connectivity index (χ1v) is 9.87. The number of piperidine rings is 1.